The van der Waals surface area contributed by atoms with Gasteiger partial charge in [-0.25, -0.2) is 9.67 Å². The molecule has 3 aromatic heterocycles. The molecule has 3 aromatic rings. The molecule has 0 amide bonds. The Balaban J connectivity index is 1.54. The van der Waals surface area contributed by atoms with Gasteiger partial charge in [0.05, 0.1) is 12.3 Å². The summed E-state index contributed by atoms with van der Waals surface area (Å²) in [6, 6.07) is 4.24. The van der Waals surface area contributed by atoms with E-state index in [1.165, 1.54) is 17.7 Å². The summed E-state index contributed by atoms with van der Waals surface area (Å²) in [5, 5.41) is 8.43. The summed E-state index contributed by atoms with van der Waals surface area (Å²) in [6.45, 7) is 19.9. The number of hydrogen-bond donors (Lipinski definition) is 1. The topological polar surface area (TPSA) is 97.5 Å². The zero-order chi connectivity index (χ0) is 31.0. The molecule has 2 atom stereocenters. The van der Waals surface area contributed by atoms with Gasteiger partial charge in [0.2, 0.25) is 5.88 Å². The fraction of sp³-hybridized carbons (Fsp3) is 0.710. The standard InChI is InChI=1S/C31H52N6O4Si2/c1-31-18-22(31)16-23-26(19-31)37(21-40-13-15-43(7,8)9)35-27(23)29-33-24-17-25(32-2)30(41-11-10-38-3)34-28(24)36(29)20-39-12-14-42(4,5)6/h17,22,32H,10-16,18-21H2,1-9H3/t22-,31-/m1/s1. The molecular weight excluding hydrogens is 577 g/mol. The minimum absolute atomic E-state index is 0.356. The summed E-state index contributed by atoms with van der Waals surface area (Å²) in [5.74, 6) is 2.02. The van der Waals surface area contributed by atoms with Crippen molar-refractivity contribution in [2.24, 2.45) is 11.3 Å². The Labute approximate surface area is 258 Å². The molecule has 1 saturated carbocycles. The Morgan fingerprint density at radius 1 is 0.977 bits per heavy atom. The van der Waals surface area contributed by atoms with Crippen molar-refractivity contribution in [2.75, 3.05) is 45.9 Å². The maximum absolute atomic E-state index is 6.31. The lowest BCUT2D eigenvalue weighted by Crippen LogP contribution is -2.23. The van der Waals surface area contributed by atoms with Crippen LogP contribution in [0.25, 0.3) is 22.7 Å². The molecule has 2 aliphatic carbocycles. The van der Waals surface area contributed by atoms with Gasteiger partial charge in [-0.1, -0.05) is 46.2 Å². The highest BCUT2D eigenvalue weighted by Crippen LogP contribution is 2.60. The van der Waals surface area contributed by atoms with Gasteiger partial charge >= 0.3 is 0 Å². The van der Waals surface area contributed by atoms with E-state index in [1.54, 1.807) is 7.11 Å². The highest BCUT2D eigenvalue weighted by atomic mass is 28.3. The lowest BCUT2D eigenvalue weighted by molar-refractivity contribution is 0.0756. The third kappa shape index (κ3) is 7.52. The zero-order valence-corrected chi connectivity index (χ0v) is 29.8. The van der Waals surface area contributed by atoms with E-state index >= 15 is 0 Å². The van der Waals surface area contributed by atoms with Crippen molar-refractivity contribution < 1.29 is 18.9 Å². The summed E-state index contributed by atoms with van der Waals surface area (Å²) in [7, 11) is 1.13. The van der Waals surface area contributed by atoms with E-state index in [9.17, 15) is 0 Å². The van der Waals surface area contributed by atoms with Gasteiger partial charge in [-0.2, -0.15) is 10.1 Å². The molecule has 1 fully saturated rings. The predicted molar refractivity (Wildman–Crippen MR) is 177 cm³/mol. The van der Waals surface area contributed by atoms with Crippen LogP contribution in [0.1, 0.15) is 24.6 Å². The summed E-state index contributed by atoms with van der Waals surface area (Å²) in [4.78, 5) is 10.1. The van der Waals surface area contributed by atoms with Crippen LogP contribution in [0.4, 0.5) is 5.69 Å². The first kappa shape index (κ1) is 32.1. The highest BCUT2D eigenvalue weighted by Gasteiger charge is 2.54. The largest absolute Gasteiger partial charge is 0.474 e. The van der Waals surface area contributed by atoms with E-state index < -0.39 is 16.1 Å². The van der Waals surface area contributed by atoms with Gasteiger partial charge < -0.3 is 24.3 Å². The quantitative estimate of drug-likeness (QED) is 0.150. The lowest BCUT2D eigenvalue weighted by atomic mass is 9.87. The van der Waals surface area contributed by atoms with Gasteiger partial charge in [0, 0.05) is 54.8 Å². The van der Waals surface area contributed by atoms with Crippen LogP contribution in [0.3, 0.4) is 0 Å². The highest BCUT2D eigenvalue weighted by molar-refractivity contribution is 6.76. The van der Waals surface area contributed by atoms with Gasteiger partial charge in [-0.3, -0.25) is 4.57 Å². The molecule has 10 nitrogen and oxygen atoms in total. The van der Waals surface area contributed by atoms with Crippen molar-refractivity contribution in [1.82, 2.24) is 24.3 Å². The van der Waals surface area contributed by atoms with Crippen LogP contribution in [0, 0.1) is 11.3 Å². The Morgan fingerprint density at radius 3 is 2.33 bits per heavy atom. The molecule has 0 spiro atoms. The molecule has 0 bridgehead atoms. The molecule has 3 heterocycles. The minimum atomic E-state index is -1.24. The summed E-state index contributed by atoms with van der Waals surface area (Å²) >= 11 is 0. The number of methoxy groups -OCH3 is 1. The van der Waals surface area contributed by atoms with Crippen molar-refractivity contribution >= 4 is 33.0 Å². The average Bonchev–Trinajstić information content (AvgIpc) is 3.30. The monoisotopic (exact) mass is 628 g/mol. The second kappa shape index (κ2) is 12.6. The fourth-order valence-electron chi connectivity index (χ4n) is 5.81. The maximum atomic E-state index is 6.31. The molecule has 0 saturated heterocycles. The Morgan fingerprint density at radius 2 is 1.67 bits per heavy atom. The first-order valence-corrected chi connectivity index (χ1v) is 23.2. The molecule has 1 N–H and O–H groups in total. The predicted octanol–water partition coefficient (Wildman–Crippen LogP) is 6.11. The second-order valence-electron chi connectivity index (χ2n) is 15.0. The molecule has 0 unspecified atom stereocenters. The zero-order valence-electron chi connectivity index (χ0n) is 27.8. The van der Waals surface area contributed by atoms with E-state index in [0.29, 0.717) is 50.5 Å². The van der Waals surface area contributed by atoms with Crippen molar-refractivity contribution in [3.05, 3.63) is 17.3 Å². The van der Waals surface area contributed by atoms with E-state index in [-0.39, 0.29) is 0 Å². The SMILES string of the molecule is CNc1cc2nc(-c3nn(COCC[Si](C)(C)C)c4c3C[C@@H]3C[C@]3(C)C4)n(COCC[Si](C)(C)C)c2nc1OCCOC. The van der Waals surface area contributed by atoms with Crippen molar-refractivity contribution in [2.45, 2.75) is 91.0 Å². The van der Waals surface area contributed by atoms with Crippen LogP contribution < -0.4 is 10.1 Å². The van der Waals surface area contributed by atoms with Crippen LogP contribution in [0.5, 0.6) is 5.88 Å². The summed E-state index contributed by atoms with van der Waals surface area (Å²) in [6.07, 6.45) is 3.32. The first-order chi connectivity index (χ1) is 20.3. The van der Waals surface area contributed by atoms with Gasteiger partial charge in [0.15, 0.2) is 11.5 Å². The maximum Gasteiger partial charge on any atom is 0.239 e. The van der Waals surface area contributed by atoms with Crippen LogP contribution >= 0.6 is 0 Å². The van der Waals surface area contributed by atoms with E-state index in [4.69, 9.17) is 34.0 Å². The number of ether oxygens (including phenoxy) is 4. The van der Waals surface area contributed by atoms with Crippen molar-refractivity contribution in [3.63, 3.8) is 0 Å². The minimum Gasteiger partial charge on any atom is -0.474 e. The van der Waals surface area contributed by atoms with E-state index in [1.807, 2.05) is 13.1 Å². The average molecular weight is 629 g/mol. The second-order valence-corrected chi connectivity index (χ2v) is 26.3. The molecule has 238 valence electrons. The van der Waals surface area contributed by atoms with Gasteiger partial charge in [-0.15, -0.1) is 0 Å². The van der Waals surface area contributed by atoms with Gasteiger partial charge in [0.25, 0.3) is 0 Å². The number of anilines is 1. The number of hydrogen-bond acceptors (Lipinski definition) is 8. The number of rotatable bonds is 16. The lowest BCUT2D eigenvalue weighted by Gasteiger charge is -2.20. The van der Waals surface area contributed by atoms with Crippen LogP contribution in [0.15, 0.2) is 6.07 Å². The number of nitrogens with zero attached hydrogens (tertiary/aromatic N) is 5. The summed E-state index contributed by atoms with van der Waals surface area (Å²) in [5.41, 5.74) is 6.21. The Bertz CT molecular complexity index is 1430. The van der Waals surface area contributed by atoms with Crippen molar-refractivity contribution in [3.8, 4) is 17.4 Å². The Kier molecular flexibility index (Phi) is 9.44. The molecule has 0 aromatic carbocycles. The summed E-state index contributed by atoms with van der Waals surface area (Å²) < 4.78 is 27.9. The van der Waals surface area contributed by atoms with E-state index in [0.717, 1.165) is 59.9 Å². The Hall–Kier alpha value is -2.26. The molecule has 2 aliphatic rings. The smallest absolute Gasteiger partial charge is 0.239 e. The molecule has 0 radical (unpaired) electrons. The number of nitrogens with one attached hydrogen (secondary N) is 1. The normalized spacial score (nSPS) is 19.9. The molecule has 5 rings (SSSR count). The van der Waals surface area contributed by atoms with Crippen molar-refractivity contribution in [1.29, 1.82) is 0 Å². The third-order valence-corrected chi connectivity index (χ3v) is 12.3. The fourth-order valence-corrected chi connectivity index (χ4v) is 7.32. The molecular formula is C31H52N6O4Si2. The van der Waals surface area contributed by atoms with Crippen LogP contribution in [0.2, 0.25) is 51.4 Å². The molecule has 12 heteroatoms. The number of pyridine rings is 1. The number of fused-ring (bicyclic) bond motifs is 3. The third-order valence-electron chi connectivity index (χ3n) is 8.85. The molecule has 0 aliphatic heterocycles. The van der Waals surface area contributed by atoms with Crippen LogP contribution in [-0.2, 0) is 40.5 Å². The first-order valence-electron chi connectivity index (χ1n) is 15.8. The number of imidazole rings is 1. The van der Waals surface area contributed by atoms with Gasteiger partial charge in [-0.05, 0) is 48.7 Å². The van der Waals surface area contributed by atoms with Gasteiger partial charge in [0.1, 0.15) is 31.3 Å². The molecule has 43 heavy (non-hydrogen) atoms. The van der Waals surface area contributed by atoms with E-state index in [2.05, 4.69) is 60.8 Å². The number of aromatic nitrogens is 5. The van der Waals surface area contributed by atoms with Crippen LogP contribution in [-0.4, -0.2) is 81.0 Å².